The summed E-state index contributed by atoms with van der Waals surface area (Å²) in [6.07, 6.45) is 2.33. The normalized spacial score (nSPS) is 15.9. The van der Waals surface area contributed by atoms with Crippen molar-refractivity contribution in [1.29, 1.82) is 0 Å². The quantitative estimate of drug-likeness (QED) is 0.697. The second-order valence-electron chi connectivity index (χ2n) is 7.04. The van der Waals surface area contributed by atoms with E-state index < -0.39 is 15.9 Å². The zero-order valence-electron chi connectivity index (χ0n) is 16.2. The first kappa shape index (κ1) is 20.8. The molecule has 0 bridgehead atoms. The van der Waals surface area contributed by atoms with Crippen LogP contribution in [0.25, 0.3) is 0 Å². The zero-order chi connectivity index (χ0) is 21.3. The minimum atomic E-state index is -3.81. The topological polar surface area (TPSA) is 103 Å². The number of halogens is 1. The molecule has 4 rings (SSSR count). The van der Waals surface area contributed by atoms with E-state index in [9.17, 15) is 13.2 Å². The highest BCUT2D eigenvalue weighted by molar-refractivity contribution is 7.89. The van der Waals surface area contributed by atoms with Crippen LogP contribution in [-0.4, -0.2) is 40.7 Å². The number of fused-ring (bicyclic) bond motifs is 1. The molecule has 2 aromatic rings. The summed E-state index contributed by atoms with van der Waals surface area (Å²) >= 11 is 6.29. The number of nitrogens with one attached hydrogen (secondary N) is 2. The zero-order valence-corrected chi connectivity index (χ0v) is 17.8. The number of sulfonamides is 1. The predicted octanol–water partition coefficient (Wildman–Crippen LogP) is 3.20. The predicted molar refractivity (Wildman–Crippen MR) is 111 cm³/mol. The molecule has 1 saturated carbocycles. The Labute approximate surface area is 179 Å². The molecule has 1 aliphatic carbocycles. The Morgan fingerprint density at radius 1 is 1.13 bits per heavy atom. The van der Waals surface area contributed by atoms with E-state index in [1.165, 1.54) is 25.3 Å². The van der Waals surface area contributed by atoms with Crippen LogP contribution in [0.1, 0.15) is 29.6 Å². The van der Waals surface area contributed by atoms with Gasteiger partial charge in [0.2, 0.25) is 10.0 Å². The molecule has 10 heteroatoms. The molecule has 0 spiro atoms. The lowest BCUT2D eigenvalue weighted by atomic mass is 10.2. The number of benzene rings is 2. The van der Waals surface area contributed by atoms with Gasteiger partial charge in [-0.1, -0.05) is 11.6 Å². The molecule has 0 atom stereocenters. The molecule has 30 heavy (non-hydrogen) atoms. The number of methoxy groups -OCH3 is 1. The van der Waals surface area contributed by atoms with Crippen molar-refractivity contribution < 1.29 is 27.4 Å². The molecular formula is C20H21ClN2O6S. The van der Waals surface area contributed by atoms with Crippen LogP contribution in [0.15, 0.2) is 35.2 Å². The van der Waals surface area contributed by atoms with Crippen LogP contribution >= 0.6 is 11.6 Å². The Morgan fingerprint density at radius 3 is 2.50 bits per heavy atom. The van der Waals surface area contributed by atoms with E-state index in [-0.39, 0.29) is 27.3 Å². The minimum absolute atomic E-state index is 0.0715. The van der Waals surface area contributed by atoms with Gasteiger partial charge in [-0.15, -0.1) is 0 Å². The standard InChI is InChI=1S/C20H21ClN2O6S/c1-27-16-6-3-12(9-19(16)30(25,26)23-13-4-5-13)20(24)22-15-11-18-17(10-14(15)21)28-7-2-8-29-18/h3,6,9-11,13,23H,2,4-5,7-8H2,1H3,(H,22,24). The third-order valence-corrected chi connectivity index (χ3v) is 6.55. The molecule has 160 valence electrons. The summed E-state index contributed by atoms with van der Waals surface area (Å²) in [6.45, 7) is 1.02. The maximum absolute atomic E-state index is 12.8. The van der Waals surface area contributed by atoms with Gasteiger partial charge in [0, 0.05) is 30.2 Å². The second-order valence-corrected chi connectivity index (χ2v) is 9.13. The van der Waals surface area contributed by atoms with Gasteiger partial charge >= 0.3 is 0 Å². The van der Waals surface area contributed by atoms with E-state index in [0.717, 1.165) is 19.3 Å². The SMILES string of the molecule is COc1ccc(C(=O)Nc2cc3c(cc2Cl)OCCCO3)cc1S(=O)(=O)NC1CC1. The lowest BCUT2D eigenvalue weighted by Crippen LogP contribution is -2.26. The minimum Gasteiger partial charge on any atom is -0.495 e. The van der Waals surface area contributed by atoms with Crippen LogP contribution in [0, 0.1) is 0 Å². The highest BCUT2D eigenvalue weighted by atomic mass is 35.5. The van der Waals surface area contributed by atoms with E-state index in [2.05, 4.69) is 10.0 Å². The van der Waals surface area contributed by atoms with Crippen LogP contribution in [0.5, 0.6) is 17.2 Å². The van der Waals surface area contributed by atoms with Gasteiger partial charge in [0.15, 0.2) is 11.5 Å². The molecule has 0 radical (unpaired) electrons. The van der Waals surface area contributed by atoms with Crippen LogP contribution in [0.2, 0.25) is 5.02 Å². The summed E-state index contributed by atoms with van der Waals surface area (Å²) in [5.41, 5.74) is 0.484. The fraction of sp³-hybridized carbons (Fsp3) is 0.350. The van der Waals surface area contributed by atoms with E-state index in [1.807, 2.05) is 0 Å². The van der Waals surface area contributed by atoms with Crippen molar-refractivity contribution in [1.82, 2.24) is 4.72 Å². The van der Waals surface area contributed by atoms with Gasteiger partial charge in [-0.2, -0.15) is 0 Å². The Hall–Kier alpha value is -2.49. The first-order valence-electron chi connectivity index (χ1n) is 9.48. The van der Waals surface area contributed by atoms with Gasteiger partial charge in [-0.05, 0) is 31.0 Å². The fourth-order valence-electron chi connectivity index (χ4n) is 2.99. The van der Waals surface area contributed by atoms with Gasteiger partial charge in [0.25, 0.3) is 5.91 Å². The average molecular weight is 453 g/mol. The van der Waals surface area contributed by atoms with Crippen molar-refractivity contribution in [2.75, 3.05) is 25.6 Å². The Balaban J connectivity index is 1.61. The van der Waals surface area contributed by atoms with Crippen molar-refractivity contribution in [3.63, 3.8) is 0 Å². The summed E-state index contributed by atoms with van der Waals surface area (Å²) < 4.78 is 44.3. The monoisotopic (exact) mass is 452 g/mol. The summed E-state index contributed by atoms with van der Waals surface area (Å²) in [7, 11) is -2.43. The third-order valence-electron chi connectivity index (χ3n) is 4.70. The molecule has 1 heterocycles. The van der Waals surface area contributed by atoms with Gasteiger partial charge < -0.3 is 19.5 Å². The lowest BCUT2D eigenvalue weighted by Gasteiger charge is -2.14. The molecule has 1 fully saturated rings. The van der Waals surface area contributed by atoms with Crippen molar-refractivity contribution in [3.05, 3.63) is 40.9 Å². The largest absolute Gasteiger partial charge is 0.495 e. The summed E-state index contributed by atoms with van der Waals surface area (Å²) in [5, 5.41) is 2.99. The van der Waals surface area contributed by atoms with E-state index >= 15 is 0 Å². The number of rotatable bonds is 6. The van der Waals surface area contributed by atoms with Crippen molar-refractivity contribution in [2.45, 2.75) is 30.2 Å². The van der Waals surface area contributed by atoms with E-state index in [4.69, 9.17) is 25.8 Å². The molecule has 1 aliphatic heterocycles. The smallest absolute Gasteiger partial charge is 0.255 e. The number of hydrogen-bond donors (Lipinski definition) is 2. The third kappa shape index (κ3) is 4.48. The molecule has 0 aromatic heterocycles. The van der Waals surface area contributed by atoms with Crippen molar-refractivity contribution >= 4 is 33.2 Å². The number of amides is 1. The first-order valence-corrected chi connectivity index (χ1v) is 11.3. The van der Waals surface area contributed by atoms with Crippen molar-refractivity contribution in [2.24, 2.45) is 0 Å². The maximum atomic E-state index is 12.8. The van der Waals surface area contributed by atoms with Crippen LogP contribution in [-0.2, 0) is 10.0 Å². The number of carbonyl (C=O) groups is 1. The molecule has 2 aliphatic rings. The molecule has 0 unspecified atom stereocenters. The van der Waals surface area contributed by atoms with Crippen molar-refractivity contribution in [3.8, 4) is 17.2 Å². The number of ether oxygens (including phenoxy) is 3. The van der Waals surface area contributed by atoms with E-state index in [0.29, 0.717) is 30.4 Å². The second kappa shape index (κ2) is 8.33. The summed E-state index contributed by atoms with van der Waals surface area (Å²) in [5.74, 6) is 0.642. The highest BCUT2D eigenvalue weighted by Gasteiger charge is 2.30. The summed E-state index contributed by atoms with van der Waals surface area (Å²) in [4.78, 5) is 12.7. The number of hydrogen-bond acceptors (Lipinski definition) is 6. The first-order chi connectivity index (χ1) is 14.4. The summed E-state index contributed by atoms with van der Waals surface area (Å²) in [6, 6.07) is 7.33. The van der Waals surface area contributed by atoms with Crippen LogP contribution < -0.4 is 24.2 Å². The van der Waals surface area contributed by atoms with Gasteiger partial charge in [-0.25, -0.2) is 13.1 Å². The van der Waals surface area contributed by atoms with Gasteiger partial charge in [0.1, 0.15) is 10.6 Å². The Morgan fingerprint density at radius 2 is 1.83 bits per heavy atom. The van der Waals surface area contributed by atoms with Crippen LogP contribution in [0.3, 0.4) is 0 Å². The van der Waals surface area contributed by atoms with Crippen LogP contribution in [0.4, 0.5) is 5.69 Å². The maximum Gasteiger partial charge on any atom is 0.255 e. The Bertz CT molecular complexity index is 1080. The molecule has 8 nitrogen and oxygen atoms in total. The number of carbonyl (C=O) groups excluding carboxylic acids is 1. The Kier molecular flexibility index (Phi) is 5.77. The molecule has 2 aromatic carbocycles. The number of anilines is 1. The fourth-order valence-corrected chi connectivity index (χ4v) is 4.69. The molecule has 2 N–H and O–H groups in total. The van der Waals surface area contributed by atoms with Gasteiger partial charge in [-0.3, -0.25) is 4.79 Å². The highest BCUT2D eigenvalue weighted by Crippen LogP contribution is 2.38. The van der Waals surface area contributed by atoms with Gasteiger partial charge in [0.05, 0.1) is 31.0 Å². The van der Waals surface area contributed by atoms with E-state index in [1.54, 1.807) is 12.1 Å². The lowest BCUT2D eigenvalue weighted by molar-refractivity contribution is 0.102. The average Bonchev–Trinajstić information content (AvgIpc) is 3.54. The molecule has 0 saturated heterocycles. The molecular weight excluding hydrogens is 432 g/mol. The molecule has 1 amide bonds.